The lowest BCUT2D eigenvalue weighted by molar-refractivity contribution is 0.246. The zero-order valence-electron chi connectivity index (χ0n) is 24.3. The Morgan fingerprint density at radius 2 is 1.74 bits per heavy atom. The summed E-state index contributed by atoms with van der Waals surface area (Å²) in [5.74, 6) is 1.54. The van der Waals surface area contributed by atoms with Gasteiger partial charge in [0.1, 0.15) is 0 Å². The van der Waals surface area contributed by atoms with E-state index in [-0.39, 0.29) is 0 Å². The van der Waals surface area contributed by atoms with Gasteiger partial charge in [-0.25, -0.2) is 0 Å². The van der Waals surface area contributed by atoms with Crippen molar-refractivity contribution in [2.75, 3.05) is 19.6 Å². The van der Waals surface area contributed by atoms with Crippen LogP contribution >= 0.6 is 0 Å². The molecule has 1 saturated heterocycles. The van der Waals surface area contributed by atoms with E-state index in [2.05, 4.69) is 105 Å². The summed E-state index contributed by atoms with van der Waals surface area (Å²) < 4.78 is 0. The molecular weight excluding hydrogens is 464 g/mol. The van der Waals surface area contributed by atoms with Crippen molar-refractivity contribution in [2.24, 2.45) is 10.9 Å². The van der Waals surface area contributed by atoms with E-state index in [1.54, 1.807) is 6.20 Å². The molecule has 2 heterocycles. The number of aryl methyl sites for hydroxylation is 1. The number of nitrogens with one attached hydrogen (secondary N) is 1. The number of aliphatic imine (C=N–C) groups is 1. The highest BCUT2D eigenvalue weighted by molar-refractivity contribution is 5.98. The smallest absolute Gasteiger partial charge is 0.0938 e. The SMILES string of the molecule is C=C/C(C)=C(C)/N=C(\C=C(\C)CC)C1CCN(C(=C)NCCc2ccccc2)CC1.CCc1cccnc1. The summed E-state index contributed by atoms with van der Waals surface area (Å²) in [5.41, 5.74) is 7.46. The van der Waals surface area contributed by atoms with Gasteiger partial charge in [0.2, 0.25) is 0 Å². The predicted molar refractivity (Wildman–Crippen MR) is 165 cm³/mol. The molecule has 1 aromatic carbocycles. The molecule has 0 atom stereocenters. The van der Waals surface area contributed by atoms with Crippen molar-refractivity contribution in [1.82, 2.24) is 15.2 Å². The van der Waals surface area contributed by atoms with Gasteiger partial charge in [-0.3, -0.25) is 9.98 Å². The minimum absolute atomic E-state index is 0.493. The maximum atomic E-state index is 5.00. The first kappa shape index (κ1) is 30.8. The van der Waals surface area contributed by atoms with Gasteiger partial charge < -0.3 is 10.2 Å². The Hall–Kier alpha value is -3.40. The normalized spacial score (nSPS) is 15.2. The number of aromatic nitrogens is 1. The van der Waals surface area contributed by atoms with Gasteiger partial charge in [-0.2, -0.15) is 0 Å². The number of allylic oxidation sites excluding steroid dienone is 5. The first-order chi connectivity index (χ1) is 18.4. The van der Waals surface area contributed by atoms with Crippen molar-refractivity contribution in [1.29, 1.82) is 0 Å². The third-order valence-electron chi connectivity index (χ3n) is 7.14. The van der Waals surface area contributed by atoms with Crippen molar-refractivity contribution in [3.63, 3.8) is 0 Å². The summed E-state index contributed by atoms with van der Waals surface area (Å²) in [6, 6.07) is 14.6. The number of likely N-dealkylation sites (tertiary alicyclic amines) is 1. The van der Waals surface area contributed by atoms with Crippen LogP contribution in [-0.2, 0) is 12.8 Å². The third kappa shape index (κ3) is 10.9. The molecular formula is C34H48N4. The van der Waals surface area contributed by atoms with Crippen LogP contribution in [0.4, 0.5) is 0 Å². The Balaban J connectivity index is 0.000000538. The fraction of sp³-hybridized carbons (Fsp3) is 0.412. The fourth-order valence-electron chi connectivity index (χ4n) is 4.19. The molecule has 0 amide bonds. The molecule has 1 aromatic heterocycles. The molecule has 38 heavy (non-hydrogen) atoms. The van der Waals surface area contributed by atoms with E-state index < -0.39 is 0 Å². The van der Waals surface area contributed by atoms with Crippen LogP contribution in [0.25, 0.3) is 0 Å². The highest BCUT2D eigenvalue weighted by Crippen LogP contribution is 2.24. The van der Waals surface area contributed by atoms with Crippen LogP contribution in [0.5, 0.6) is 0 Å². The third-order valence-corrected chi connectivity index (χ3v) is 7.14. The van der Waals surface area contributed by atoms with Crippen molar-refractivity contribution in [3.8, 4) is 0 Å². The van der Waals surface area contributed by atoms with Gasteiger partial charge in [-0.05, 0) is 81.7 Å². The fourth-order valence-corrected chi connectivity index (χ4v) is 4.19. The van der Waals surface area contributed by atoms with Gasteiger partial charge in [-0.15, -0.1) is 0 Å². The van der Waals surface area contributed by atoms with Crippen LogP contribution in [0, 0.1) is 5.92 Å². The molecule has 1 N–H and O–H groups in total. The van der Waals surface area contributed by atoms with Crippen molar-refractivity contribution in [2.45, 2.75) is 66.7 Å². The molecule has 4 heteroatoms. The molecule has 1 fully saturated rings. The minimum Gasteiger partial charge on any atom is -0.372 e. The van der Waals surface area contributed by atoms with Crippen LogP contribution in [0.15, 0.2) is 108 Å². The summed E-state index contributed by atoms with van der Waals surface area (Å²) in [7, 11) is 0. The van der Waals surface area contributed by atoms with Gasteiger partial charge in [0.25, 0.3) is 0 Å². The molecule has 0 unspecified atom stereocenters. The molecule has 0 aliphatic carbocycles. The summed E-state index contributed by atoms with van der Waals surface area (Å²) in [5, 5.41) is 3.51. The van der Waals surface area contributed by atoms with E-state index in [1.165, 1.54) is 22.4 Å². The number of rotatable bonds is 11. The Morgan fingerprint density at radius 3 is 2.29 bits per heavy atom. The number of pyridine rings is 1. The molecule has 204 valence electrons. The van der Waals surface area contributed by atoms with Crippen LogP contribution < -0.4 is 5.32 Å². The number of hydrogen-bond donors (Lipinski definition) is 1. The van der Waals surface area contributed by atoms with E-state index in [1.807, 2.05) is 18.3 Å². The highest BCUT2D eigenvalue weighted by Gasteiger charge is 2.23. The van der Waals surface area contributed by atoms with Gasteiger partial charge in [0.15, 0.2) is 0 Å². The standard InChI is InChI=1S/C27H39N3.C7H9N/c1-7-21(3)20-27(29-23(5)22(4)8-2)26-15-18-30(19-16-26)24(6)28-17-14-25-12-10-9-11-13-25;1-2-7-4-3-5-8-6-7/h8-13,20,26,28H,2,6-7,14-19H2,1,3-5H3;3-6H,2H2,1H3/b21-20-,23-22+,29-27+;. The summed E-state index contributed by atoms with van der Waals surface area (Å²) in [6.07, 6.45) is 13.2. The average Bonchev–Trinajstić information content (AvgIpc) is 2.97. The van der Waals surface area contributed by atoms with Gasteiger partial charge >= 0.3 is 0 Å². The number of benzene rings is 1. The lowest BCUT2D eigenvalue weighted by Gasteiger charge is -2.35. The Bertz CT molecular complexity index is 1070. The van der Waals surface area contributed by atoms with Gasteiger partial charge in [0, 0.05) is 49.4 Å². The average molecular weight is 513 g/mol. The molecule has 4 nitrogen and oxygen atoms in total. The molecule has 3 rings (SSSR count). The van der Waals surface area contributed by atoms with Gasteiger partial charge in [0.05, 0.1) is 5.82 Å². The van der Waals surface area contributed by atoms with E-state index in [0.717, 1.165) is 68.8 Å². The monoisotopic (exact) mass is 512 g/mol. The lowest BCUT2D eigenvalue weighted by atomic mass is 9.90. The molecule has 0 bridgehead atoms. The second-order valence-electron chi connectivity index (χ2n) is 9.94. The second kappa shape index (κ2) is 17.2. The molecule has 2 aromatic rings. The van der Waals surface area contributed by atoms with E-state index >= 15 is 0 Å². The maximum Gasteiger partial charge on any atom is 0.0938 e. The van der Waals surface area contributed by atoms with Crippen LogP contribution in [0.3, 0.4) is 0 Å². The highest BCUT2D eigenvalue weighted by atomic mass is 15.2. The summed E-state index contributed by atoms with van der Waals surface area (Å²) in [6.45, 7) is 21.8. The summed E-state index contributed by atoms with van der Waals surface area (Å²) >= 11 is 0. The van der Waals surface area contributed by atoms with Crippen molar-refractivity contribution in [3.05, 3.63) is 114 Å². The van der Waals surface area contributed by atoms with Gasteiger partial charge in [-0.1, -0.05) is 75.1 Å². The Kier molecular flexibility index (Phi) is 13.9. The number of hydrogen-bond acceptors (Lipinski definition) is 4. The number of piperidine rings is 1. The summed E-state index contributed by atoms with van der Waals surface area (Å²) in [4.78, 5) is 11.3. The topological polar surface area (TPSA) is 40.5 Å². The lowest BCUT2D eigenvalue weighted by Crippen LogP contribution is -2.39. The Labute approximate surface area is 232 Å². The minimum atomic E-state index is 0.493. The van der Waals surface area contributed by atoms with Crippen molar-refractivity contribution >= 4 is 5.71 Å². The quantitative estimate of drug-likeness (QED) is 0.245. The Morgan fingerprint density at radius 1 is 1.05 bits per heavy atom. The first-order valence-electron chi connectivity index (χ1n) is 14.0. The van der Waals surface area contributed by atoms with Crippen LogP contribution in [0.2, 0.25) is 0 Å². The molecule has 0 saturated carbocycles. The van der Waals surface area contributed by atoms with Crippen LogP contribution in [-0.4, -0.2) is 35.2 Å². The number of nitrogens with zero attached hydrogens (tertiary/aromatic N) is 3. The van der Waals surface area contributed by atoms with E-state index in [9.17, 15) is 0 Å². The predicted octanol–water partition coefficient (Wildman–Crippen LogP) is 7.92. The van der Waals surface area contributed by atoms with E-state index in [0.29, 0.717) is 5.92 Å². The van der Waals surface area contributed by atoms with Crippen LogP contribution in [0.1, 0.15) is 65.0 Å². The van der Waals surface area contributed by atoms with E-state index in [4.69, 9.17) is 4.99 Å². The zero-order chi connectivity index (χ0) is 27.8. The largest absolute Gasteiger partial charge is 0.372 e. The maximum absolute atomic E-state index is 5.00. The second-order valence-corrected chi connectivity index (χ2v) is 9.94. The van der Waals surface area contributed by atoms with Crippen molar-refractivity contribution < 1.29 is 0 Å². The molecule has 1 aliphatic rings. The molecule has 0 radical (unpaired) electrons. The zero-order valence-corrected chi connectivity index (χ0v) is 24.3. The molecule has 1 aliphatic heterocycles. The first-order valence-corrected chi connectivity index (χ1v) is 14.0. The molecule has 0 spiro atoms.